The van der Waals surface area contributed by atoms with Gasteiger partial charge in [-0.2, -0.15) is 0 Å². The quantitative estimate of drug-likeness (QED) is 0.716. The normalized spacial score (nSPS) is 30.8. The molecule has 0 spiro atoms. The third-order valence-corrected chi connectivity index (χ3v) is 5.40. The molecule has 0 N–H and O–H groups in total. The molecule has 0 aromatic heterocycles. The summed E-state index contributed by atoms with van der Waals surface area (Å²) in [5.74, 6) is -0.0251. The van der Waals surface area contributed by atoms with Crippen LogP contribution in [0.3, 0.4) is 0 Å². The van der Waals surface area contributed by atoms with Crippen molar-refractivity contribution in [1.29, 1.82) is 0 Å². The van der Waals surface area contributed by atoms with E-state index in [-0.39, 0.29) is 29.1 Å². The Morgan fingerprint density at radius 1 is 1.09 bits per heavy atom. The maximum Gasteiger partial charge on any atom is 0.306 e. The summed E-state index contributed by atoms with van der Waals surface area (Å²) in [6.45, 7) is 5.57. The highest BCUT2D eigenvalue weighted by molar-refractivity contribution is 5.70. The summed E-state index contributed by atoms with van der Waals surface area (Å²) in [4.78, 5) is 23.5. The van der Waals surface area contributed by atoms with Crippen LogP contribution in [0.1, 0.15) is 85.0 Å². The second-order valence-corrected chi connectivity index (χ2v) is 7.43. The molecule has 2 aliphatic carbocycles. The Morgan fingerprint density at radius 3 is 2.36 bits per heavy atom. The largest absolute Gasteiger partial charge is 0.459 e. The Kier molecular flexibility index (Phi) is 5.51. The summed E-state index contributed by atoms with van der Waals surface area (Å²) in [5, 5.41) is 0. The van der Waals surface area contributed by atoms with Crippen molar-refractivity contribution in [3.8, 4) is 0 Å². The van der Waals surface area contributed by atoms with E-state index in [2.05, 4.69) is 6.92 Å². The van der Waals surface area contributed by atoms with E-state index in [0.717, 1.165) is 51.4 Å². The summed E-state index contributed by atoms with van der Waals surface area (Å²) in [5.41, 5.74) is -0.614. The first-order valence-corrected chi connectivity index (χ1v) is 8.78. The number of ether oxygens (including phenoxy) is 2. The molecule has 0 saturated heterocycles. The molecule has 22 heavy (non-hydrogen) atoms. The molecule has 2 rings (SSSR count). The van der Waals surface area contributed by atoms with Gasteiger partial charge in [0.15, 0.2) is 0 Å². The fourth-order valence-electron chi connectivity index (χ4n) is 4.12. The van der Waals surface area contributed by atoms with Crippen LogP contribution >= 0.6 is 0 Å². The lowest BCUT2D eigenvalue weighted by Gasteiger charge is -2.33. The van der Waals surface area contributed by atoms with Crippen LogP contribution in [0.25, 0.3) is 0 Å². The fraction of sp³-hybridized carbons (Fsp3) is 0.889. The van der Waals surface area contributed by atoms with Crippen molar-refractivity contribution >= 4 is 11.9 Å². The lowest BCUT2D eigenvalue weighted by Crippen LogP contribution is -2.34. The second-order valence-electron chi connectivity index (χ2n) is 7.43. The van der Waals surface area contributed by atoms with Crippen LogP contribution in [0, 0.1) is 5.92 Å². The van der Waals surface area contributed by atoms with E-state index in [1.54, 1.807) is 0 Å². The van der Waals surface area contributed by atoms with Crippen LogP contribution in [-0.4, -0.2) is 23.1 Å². The lowest BCUT2D eigenvalue weighted by atomic mass is 9.86. The van der Waals surface area contributed by atoms with Gasteiger partial charge in [-0.05, 0) is 64.2 Å². The Labute approximate surface area is 133 Å². The summed E-state index contributed by atoms with van der Waals surface area (Å²) >= 11 is 0. The van der Waals surface area contributed by atoms with E-state index < -0.39 is 0 Å². The minimum absolute atomic E-state index is 0.0795. The molecule has 126 valence electrons. The monoisotopic (exact) mass is 310 g/mol. The van der Waals surface area contributed by atoms with E-state index in [9.17, 15) is 9.59 Å². The van der Waals surface area contributed by atoms with Crippen LogP contribution in [-0.2, 0) is 19.1 Å². The molecule has 0 bridgehead atoms. The Morgan fingerprint density at radius 2 is 1.77 bits per heavy atom. The Balaban J connectivity index is 1.84. The van der Waals surface area contributed by atoms with Gasteiger partial charge in [-0.15, -0.1) is 0 Å². The van der Waals surface area contributed by atoms with Gasteiger partial charge >= 0.3 is 11.9 Å². The first-order chi connectivity index (χ1) is 10.4. The lowest BCUT2D eigenvalue weighted by molar-refractivity contribution is -0.162. The van der Waals surface area contributed by atoms with Crippen molar-refractivity contribution in [1.82, 2.24) is 0 Å². The fourth-order valence-corrected chi connectivity index (χ4v) is 4.12. The van der Waals surface area contributed by atoms with Crippen molar-refractivity contribution in [2.75, 3.05) is 0 Å². The average Bonchev–Trinajstić information content (AvgIpc) is 2.81. The number of hydrogen-bond donors (Lipinski definition) is 0. The molecule has 2 unspecified atom stereocenters. The predicted octanol–water partition coefficient (Wildman–Crippen LogP) is 4.15. The molecule has 0 aromatic carbocycles. The molecule has 2 atom stereocenters. The minimum Gasteiger partial charge on any atom is -0.459 e. The third-order valence-electron chi connectivity index (χ3n) is 5.40. The second kappa shape index (κ2) is 7.01. The molecule has 0 amide bonds. The maximum atomic E-state index is 12.3. The van der Waals surface area contributed by atoms with Gasteiger partial charge in [-0.25, -0.2) is 0 Å². The summed E-state index contributed by atoms with van der Waals surface area (Å²) in [7, 11) is 0. The van der Waals surface area contributed by atoms with Crippen molar-refractivity contribution in [2.45, 2.75) is 96.2 Å². The van der Waals surface area contributed by atoms with E-state index in [0.29, 0.717) is 6.42 Å². The van der Waals surface area contributed by atoms with Gasteiger partial charge in [0.2, 0.25) is 0 Å². The number of carbonyl (C=O) groups is 2. The molecule has 2 aliphatic rings. The number of carbonyl (C=O) groups excluding carboxylic acids is 2. The molecule has 4 nitrogen and oxygen atoms in total. The van der Waals surface area contributed by atoms with Crippen LogP contribution < -0.4 is 0 Å². The molecule has 4 heteroatoms. The van der Waals surface area contributed by atoms with Gasteiger partial charge < -0.3 is 9.47 Å². The van der Waals surface area contributed by atoms with E-state index in [1.807, 2.05) is 6.92 Å². The van der Waals surface area contributed by atoms with Crippen LogP contribution in [0.4, 0.5) is 0 Å². The average molecular weight is 310 g/mol. The van der Waals surface area contributed by atoms with Gasteiger partial charge in [0.25, 0.3) is 0 Å². The molecule has 2 fully saturated rings. The number of esters is 2. The number of rotatable bonds is 5. The predicted molar refractivity (Wildman–Crippen MR) is 84.3 cm³/mol. The van der Waals surface area contributed by atoms with Crippen LogP contribution in [0.15, 0.2) is 0 Å². The smallest absolute Gasteiger partial charge is 0.306 e. The molecule has 0 aliphatic heterocycles. The maximum absolute atomic E-state index is 12.3. The van der Waals surface area contributed by atoms with Gasteiger partial charge in [-0.1, -0.05) is 13.3 Å². The highest BCUT2D eigenvalue weighted by atomic mass is 16.6. The Hall–Kier alpha value is -1.06. The first-order valence-electron chi connectivity index (χ1n) is 8.78. The van der Waals surface area contributed by atoms with E-state index in [1.165, 1.54) is 13.3 Å². The molecule has 0 radical (unpaired) electrons. The zero-order valence-corrected chi connectivity index (χ0v) is 14.3. The van der Waals surface area contributed by atoms with Crippen molar-refractivity contribution in [3.63, 3.8) is 0 Å². The van der Waals surface area contributed by atoms with Gasteiger partial charge in [0.1, 0.15) is 11.2 Å². The van der Waals surface area contributed by atoms with Crippen molar-refractivity contribution < 1.29 is 19.1 Å². The third kappa shape index (κ3) is 4.47. The molecule has 0 heterocycles. The highest BCUT2D eigenvalue weighted by Crippen LogP contribution is 2.42. The number of hydrogen-bond acceptors (Lipinski definition) is 4. The molecule has 2 saturated carbocycles. The zero-order chi connectivity index (χ0) is 16.2. The standard InChI is InChI=1S/C18H30O4/c1-4-18(21-14(2)19)11-8-15(13-18)12-16(20)22-17(3)9-6-5-7-10-17/h15H,4-13H2,1-3H3. The SMILES string of the molecule is CCC1(OC(C)=O)CCC(CC(=O)OC2(C)CCCCC2)C1. The van der Waals surface area contributed by atoms with Gasteiger partial charge in [0, 0.05) is 13.3 Å². The van der Waals surface area contributed by atoms with Gasteiger partial charge in [0.05, 0.1) is 0 Å². The topological polar surface area (TPSA) is 52.6 Å². The van der Waals surface area contributed by atoms with E-state index >= 15 is 0 Å². The summed E-state index contributed by atoms with van der Waals surface area (Å²) in [6.07, 6.45) is 9.37. The Bertz CT molecular complexity index is 411. The van der Waals surface area contributed by atoms with Crippen LogP contribution in [0.2, 0.25) is 0 Å². The minimum atomic E-state index is -0.356. The molecular formula is C18H30O4. The van der Waals surface area contributed by atoms with Crippen molar-refractivity contribution in [2.24, 2.45) is 5.92 Å². The zero-order valence-electron chi connectivity index (χ0n) is 14.3. The first kappa shape index (κ1) is 17.3. The van der Waals surface area contributed by atoms with Crippen molar-refractivity contribution in [3.05, 3.63) is 0 Å². The van der Waals surface area contributed by atoms with E-state index in [4.69, 9.17) is 9.47 Å². The highest BCUT2D eigenvalue weighted by Gasteiger charge is 2.42. The van der Waals surface area contributed by atoms with Crippen LogP contribution in [0.5, 0.6) is 0 Å². The summed E-state index contributed by atoms with van der Waals surface area (Å²) in [6, 6.07) is 0. The molecule has 0 aromatic rings. The summed E-state index contributed by atoms with van der Waals surface area (Å²) < 4.78 is 11.3. The van der Waals surface area contributed by atoms with Gasteiger partial charge in [-0.3, -0.25) is 9.59 Å². The molecular weight excluding hydrogens is 280 g/mol.